The Morgan fingerprint density at radius 3 is 2.76 bits per heavy atom. The summed E-state index contributed by atoms with van der Waals surface area (Å²) in [6.07, 6.45) is 13.6. The van der Waals surface area contributed by atoms with Gasteiger partial charge in [0.15, 0.2) is 0 Å². The molecule has 4 aliphatic carbocycles. The van der Waals surface area contributed by atoms with Crippen LogP contribution in [-0.2, 0) is 14.3 Å². The molecule has 4 fully saturated rings. The van der Waals surface area contributed by atoms with E-state index in [0.717, 1.165) is 12.8 Å². The summed E-state index contributed by atoms with van der Waals surface area (Å²) >= 11 is 0. The number of allylic oxidation sites excluding steroid dienone is 4. The lowest BCUT2D eigenvalue weighted by molar-refractivity contribution is -0.132. The van der Waals surface area contributed by atoms with Crippen molar-refractivity contribution in [2.45, 2.75) is 37.9 Å². The van der Waals surface area contributed by atoms with Gasteiger partial charge in [-0.2, -0.15) is 0 Å². The topological polar surface area (TPSA) is 35.5 Å². The highest BCUT2D eigenvalue weighted by Crippen LogP contribution is 2.57. The quantitative estimate of drug-likeness (QED) is 0.687. The molecular weight excluding hydrogens is 264 g/mol. The van der Waals surface area contributed by atoms with E-state index in [9.17, 15) is 4.79 Å². The zero-order valence-corrected chi connectivity index (χ0v) is 12.2. The second-order valence-corrected chi connectivity index (χ2v) is 7.47. The number of hydrogen-bond acceptors (Lipinski definition) is 3. The number of Topliss-reactive ketones (excluding diaryl/α,β-unsaturated/α-hetero) is 1. The van der Waals surface area contributed by atoms with Crippen LogP contribution in [0, 0.1) is 35.5 Å². The van der Waals surface area contributed by atoms with Gasteiger partial charge in [0.2, 0.25) is 0 Å². The molecule has 1 saturated heterocycles. The lowest BCUT2D eigenvalue weighted by Gasteiger charge is -2.49. The largest absolute Gasteiger partial charge is 0.349 e. The number of carbonyl (C=O) groups is 1. The molecule has 0 aromatic carbocycles. The Hall–Kier alpha value is -0.930. The Balaban J connectivity index is 1.46. The van der Waals surface area contributed by atoms with Gasteiger partial charge in [-0.1, -0.05) is 24.3 Å². The maximum Gasteiger partial charge on any atom is 0.147 e. The Kier molecular flexibility index (Phi) is 2.72. The van der Waals surface area contributed by atoms with E-state index in [0.29, 0.717) is 54.4 Å². The molecule has 3 nitrogen and oxygen atoms in total. The van der Waals surface area contributed by atoms with Crippen LogP contribution in [0.15, 0.2) is 24.3 Å². The molecule has 5 aliphatic rings. The fourth-order valence-electron chi connectivity index (χ4n) is 5.99. The van der Waals surface area contributed by atoms with Gasteiger partial charge in [-0.05, 0) is 48.9 Å². The van der Waals surface area contributed by atoms with Gasteiger partial charge in [0, 0.05) is 12.3 Å². The van der Waals surface area contributed by atoms with Crippen molar-refractivity contribution in [1.82, 2.24) is 0 Å². The van der Waals surface area contributed by atoms with Crippen molar-refractivity contribution in [2.75, 3.05) is 6.79 Å². The van der Waals surface area contributed by atoms with Crippen molar-refractivity contribution in [3.63, 3.8) is 0 Å². The van der Waals surface area contributed by atoms with Gasteiger partial charge < -0.3 is 9.47 Å². The molecule has 1 heterocycles. The predicted molar refractivity (Wildman–Crippen MR) is 77.3 cm³/mol. The molecule has 3 heteroatoms. The molecule has 0 aromatic rings. The lowest BCUT2D eigenvalue weighted by Crippen LogP contribution is -2.46. The van der Waals surface area contributed by atoms with Gasteiger partial charge in [-0.25, -0.2) is 0 Å². The number of ketones is 1. The Labute approximate surface area is 125 Å². The van der Waals surface area contributed by atoms with E-state index < -0.39 is 0 Å². The summed E-state index contributed by atoms with van der Waals surface area (Å²) in [5, 5.41) is 0. The van der Waals surface area contributed by atoms with E-state index in [2.05, 4.69) is 18.2 Å². The van der Waals surface area contributed by atoms with E-state index in [1.54, 1.807) is 0 Å². The second kappa shape index (κ2) is 4.53. The smallest absolute Gasteiger partial charge is 0.147 e. The summed E-state index contributed by atoms with van der Waals surface area (Å²) in [7, 11) is 0. The van der Waals surface area contributed by atoms with Crippen LogP contribution >= 0.6 is 0 Å². The third-order valence-electron chi connectivity index (χ3n) is 6.80. The van der Waals surface area contributed by atoms with Crippen molar-refractivity contribution < 1.29 is 14.3 Å². The summed E-state index contributed by atoms with van der Waals surface area (Å²) in [6, 6.07) is 0. The van der Waals surface area contributed by atoms with Gasteiger partial charge in [-0.15, -0.1) is 0 Å². The fraction of sp³-hybridized carbons (Fsp3) is 0.722. The van der Waals surface area contributed by atoms with Crippen LogP contribution < -0.4 is 0 Å². The molecule has 0 radical (unpaired) electrons. The highest BCUT2D eigenvalue weighted by atomic mass is 16.7. The highest BCUT2D eigenvalue weighted by molar-refractivity contribution is 5.85. The molecule has 21 heavy (non-hydrogen) atoms. The Morgan fingerprint density at radius 2 is 1.81 bits per heavy atom. The molecule has 0 amide bonds. The van der Waals surface area contributed by atoms with Gasteiger partial charge in [0.05, 0.1) is 12.2 Å². The van der Waals surface area contributed by atoms with Crippen molar-refractivity contribution >= 4 is 5.78 Å². The average molecular weight is 286 g/mol. The molecule has 0 bridgehead atoms. The third kappa shape index (κ3) is 1.71. The molecule has 8 unspecified atom stereocenters. The van der Waals surface area contributed by atoms with Crippen LogP contribution in [-0.4, -0.2) is 24.8 Å². The number of hydrogen-bond donors (Lipinski definition) is 0. The molecule has 112 valence electrons. The molecule has 3 saturated carbocycles. The van der Waals surface area contributed by atoms with Gasteiger partial charge in [0.1, 0.15) is 12.6 Å². The fourth-order valence-corrected chi connectivity index (χ4v) is 5.99. The molecule has 0 spiro atoms. The number of ether oxygens (including phenoxy) is 2. The Bertz CT molecular complexity index is 523. The molecule has 0 N–H and O–H groups in total. The average Bonchev–Trinajstić information content (AvgIpc) is 3.08. The second-order valence-electron chi connectivity index (χ2n) is 7.47. The molecular formula is C18H22O3. The minimum Gasteiger partial charge on any atom is -0.349 e. The van der Waals surface area contributed by atoms with Crippen LogP contribution in [0.1, 0.15) is 25.7 Å². The number of carbonyl (C=O) groups excluding carboxylic acids is 1. The third-order valence-corrected chi connectivity index (χ3v) is 6.80. The first-order chi connectivity index (χ1) is 10.3. The summed E-state index contributed by atoms with van der Waals surface area (Å²) in [6.45, 7) is 0.476. The molecule has 1 aliphatic heterocycles. The zero-order chi connectivity index (χ0) is 14.0. The first-order valence-corrected chi connectivity index (χ1v) is 8.44. The summed E-state index contributed by atoms with van der Waals surface area (Å²) in [5.41, 5.74) is 0. The van der Waals surface area contributed by atoms with E-state index in [4.69, 9.17) is 9.47 Å². The molecule has 8 atom stereocenters. The van der Waals surface area contributed by atoms with Crippen LogP contribution in [0.3, 0.4) is 0 Å². The van der Waals surface area contributed by atoms with Crippen LogP contribution in [0.4, 0.5) is 0 Å². The van der Waals surface area contributed by atoms with Crippen LogP contribution in [0.2, 0.25) is 0 Å². The molecule has 5 rings (SSSR count). The van der Waals surface area contributed by atoms with Crippen molar-refractivity contribution in [1.29, 1.82) is 0 Å². The normalized spacial score (nSPS) is 54.0. The maximum absolute atomic E-state index is 12.6. The predicted octanol–water partition coefficient (Wildman–Crippen LogP) is 2.72. The summed E-state index contributed by atoms with van der Waals surface area (Å²) in [4.78, 5) is 12.6. The van der Waals surface area contributed by atoms with E-state index in [1.165, 1.54) is 12.8 Å². The number of rotatable bonds is 0. The SMILES string of the molecule is O=C1CC2C(CCC3C2CC2OCOC23)C2C=CC=CC12. The summed E-state index contributed by atoms with van der Waals surface area (Å²) < 4.78 is 11.6. The first-order valence-electron chi connectivity index (χ1n) is 8.44. The van der Waals surface area contributed by atoms with Gasteiger partial charge in [-0.3, -0.25) is 4.79 Å². The highest BCUT2D eigenvalue weighted by Gasteiger charge is 2.56. The van der Waals surface area contributed by atoms with E-state index >= 15 is 0 Å². The van der Waals surface area contributed by atoms with E-state index in [1.807, 2.05) is 6.08 Å². The van der Waals surface area contributed by atoms with Gasteiger partial charge in [0.25, 0.3) is 0 Å². The lowest BCUT2D eigenvalue weighted by atomic mass is 9.55. The maximum atomic E-state index is 12.6. The van der Waals surface area contributed by atoms with E-state index in [-0.39, 0.29) is 5.92 Å². The Morgan fingerprint density at radius 1 is 0.952 bits per heavy atom. The molecule has 0 aromatic heterocycles. The minimum absolute atomic E-state index is 0.154. The minimum atomic E-state index is 0.154. The first kappa shape index (κ1) is 12.6. The summed E-state index contributed by atoms with van der Waals surface area (Å²) in [5.74, 6) is 3.59. The standard InChI is InChI=1S/C18H22O3/c19-16-7-14-11(10-3-1-2-4-12(10)16)5-6-13-15(14)8-17-18(13)21-9-20-17/h1-4,10-15,17-18H,5-9H2. The van der Waals surface area contributed by atoms with Crippen LogP contribution in [0.25, 0.3) is 0 Å². The number of fused-ring (bicyclic) bond motifs is 7. The van der Waals surface area contributed by atoms with Crippen LogP contribution in [0.5, 0.6) is 0 Å². The van der Waals surface area contributed by atoms with Crippen molar-refractivity contribution in [2.24, 2.45) is 35.5 Å². The van der Waals surface area contributed by atoms with Crippen molar-refractivity contribution in [3.05, 3.63) is 24.3 Å². The van der Waals surface area contributed by atoms with Gasteiger partial charge >= 0.3 is 0 Å². The van der Waals surface area contributed by atoms with Crippen molar-refractivity contribution in [3.8, 4) is 0 Å². The monoisotopic (exact) mass is 286 g/mol. The zero-order valence-electron chi connectivity index (χ0n) is 12.2.